The molecule has 1 saturated heterocycles. The number of nitrogens with one attached hydrogen (secondary N) is 2. The number of likely N-dealkylation sites (tertiary alicyclic amines) is 1. The maximum Gasteiger partial charge on any atom is 0.191 e. The second-order valence-corrected chi connectivity index (χ2v) is 8.00. The van der Waals surface area contributed by atoms with E-state index in [-0.39, 0.29) is 30.1 Å². The molecule has 1 heterocycles. The van der Waals surface area contributed by atoms with E-state index in [2.05, 4.69) is 22.5 Å². The fraction of sp³-hybridized carbons (Fsp3) is 0.950. The molecule has 0 aromatic heterocycles. The SMILES string of the molecule is CCNC(=NCC1(CCOC)CCCC1)NCCCN1CCC(O)CC1.I. The molecule has 160 valence electrons. The predicted molar refractivity (Wildman–Crippen MR) is 123 cm³/mol. The summed E-state index contributed by atoms with van der Waals surface area (Å²) in [7, 11) is 1.79. The van der Waals surface area contributed by atoms with Gasteiger partial charge in [0.05, 0.1) is 6.10 Å². The lowest BCUT2D eigenvalue weighted by Crippen LogP contribution is -2.41. The molecule has 1 saturated carbocycles. The van der Waals surface area contributed by atoms with Crippen LogP contribution in [-0.2, 0) is 4.74 Å². The number of hydrogen-bond acceptors (Lipinski definition) is 4. The lowest BCUT2D eigenvalue weighted by atomic mass is 9.83. The number of halogens is 1. The highest BCUT2D eigenvalue weighted by Crippen LogP contribution is 2.41. The number of hydrogen-bond donors (Lipinski definition) is 3. The third-order valence-electron chi connectivity index (χ3n) is 5.92. The van der Waals surface area contributed by atoms with E-state index in [0.717, 1.165) is 77.5 Å². The van der Waals surface area contributed by atoms with E-state index >= 15 is 0 Å². The Morgan fingerprint density at radius 2 is 1.93 bits per heavy atom. The van der Waals surface area contributed by atoms with Gasteiger partial charge in [-0.15, -0.1) is 24.0 Å². The quantitative estimate of drug-likeness (QED) is 0.188. The third kappa shape index (κ3) is 9.28. The van der Waals surface area contributed by atoms with Crippen LogP contribution in [-0.4, -0.2) is 75.1 Å². The van der Waals surface area contributed by atoms with Crippen LogP contribution in [0.4, 0.5) is 0 Å². The first-order valence-corrected chi connectivity index (χ1v) is 10.6. The van der Waals surface area contributed by atoms with Gasteiger partial charge in [-0.05, 0) is 57.4 Å². The number of ether oxygens (including phenoxy) is 1. The van der Waals surface area contributed by atoms with Crippen molar-refractivity contribution in [2.45, 2.75) is 64.4 Å². The summed E-state index contributed by atoms with van der Waals surface area (Å²) in [5.41, 5.74) is 0.340. The fourth-order valence-electron chi connectivity index (χ4n) is 4.17. The van der Waals surface area contributed by atoms with Gasteiger partial charge < -0.3 is 25.4 Å². The van der Waals surface area contributed by atoms with Crippen molar-refractivity contribution in [1.82, 2.24) is 15.5 Å². The molecule has 27 heavy (non-hydrogen) atoms. The Morgan fingerprint density at radius 1 is 1.22 bits per heavy atom. The molecule has 2 aliphatic rings. The van der Waals surface area contributed by atoms with Gasteiger partial charge in [0.1, 0.15) is 0 Å². The molecule has 0 atom stereocenters. The summed E-state index contributed by atoms with van der Waals surface area (Å²) in [5.74, 6) is 0.949. The summed E-state index contributed by atoms with van der Waals surface area (Å²) in [6, 6.07) is 0. The molecule has 6 nitrogen and oxygen atoms in total. The van der Waals surface area contributed by atoms with Crippen LogP contribution in [0.3, 0.4) is 0 Å². The van der Waals surface area contributed by atoms with Gasteiger partial charge in [0.15, 0.2) is 5.96 Å². The topological polar surface area (TPSA) is 69.1 Å². The zero-order chi connectivity index (χ0) is 18.7. The number of guanidine groups is 1. The van der Waals surface area contributed by atoms with Gasteiger partial charge in [-0.25, -0.2) is 0 Å². The summed E-state index contributed by atoms with van der Waals surface area (Å²) in [6.45, 7) is 8.83. The van der Waals surface area contributed by atoms with Crippen molar-refractivity contribution >= 4 is 29.9 Å². The average molecular weight is 496 g/mol. The van der Waals surface area contributed by atoms with E-state index in [0.29, 0.717) is 5.41 Å². The zero-order valence-corrected chi connectivity index (χ0v) is 19.7. The van der Waals surface area contributed by atoms with E-state index in [9.17, 15) is 5.11 Å². The monoisotopic (exact) mass is 496 g/mol. The van der Waals surface area contributed by atoms with E-state index in [4.69, 9.17) is 9.73 Å². The van der Waals surface area contributed by atoms with Gasteiger partial charge in [0.25, 0.3) is 0 Å². The average Bonchev–Trinajstić information content (AvgIpc) is 3.12. The fourth-order valence-corrected chi connectivity index (χ4v) is 4.17. The maximum atomic E-state index is 9.58. The molecule has 0 spiro atoms. The van der Waals surface area contributed by atoms with Crippen LogP contribution in [0, 0.1) is 5.41 Å². The van der Waals surface area contributed by atoms with Crippen molar-refractivity contribution < 1.29 is 9.84 Å². The minimum absolute atomic E-state index is 0. The highest BCUT2D eigenvalue weighted by Gasteiger charge is 2.33. The molecule has 2 fully saturated rings. The number of methoxy groups -OCH3 is 1. The largest absolute Gasteiger partial charge is 0.393 e. The lowest BCUT2D eigenvalue weighted by molar-refractivity contribution is 0.0822. The second kappa shape index (κ2) is 14.0. The first-order valence-electron chi connectivity index (χ1n) is 10.6. The number of nitrogens with zero attached hydrogens (tertiary/aromatic N) is 2. The van der Waals surface area contributed by atoms with Crippen molar-refractivity contribution in [3.8, 4) is 0 Å². The van der Waals surface area contributed by atoms with Crippen LogP contribution in [0.1, 0.15) is 58.3 Å². The Bertz CT molecular complexity index is 409. The molecule has 0 amide bonds. The van der Waals surface area contributed by atoms with E-state index in [1.54, 1.807) is 7.11 Å². The van der Waals surface area contributed by atoms with Crippen LogP contribution in [0.2, 0.25) is 0 Å². The number of aliphatic hydroxyl groups is 1. The van der Waals surface area contributed by atoms with Crippen LogP contribution in [0.15, 0.2) is 4.99 Å². The molecule has 7 heteroatoms. The molecule has 3 N–H and O–H groups in total. The molecule has 0 unspecified atom stereocenters. The molecule has 0 bridgehead atoms. The Balaban J connectivity index is 0.00000364. The van der Waals surface area contributed by atoms with E-state index in [1.807, 2.05) is 0 Å². The second-order valence-electron chi connectivity index (χ2n) is 8.00. The highest BCUT2D eigenvalue weighted by molar-refractivity contribution is 14.0. The highest BCUT2D eigenvalue weighted by atomic mass is 127. The standard InChI is InChI=1S/C20H40N4O2.HI/c1-3-21-19(22-12-6-13-24-14-7-18(25)8-15-24)23-17-20(11-16-26-2)9-4-5-10-20;/h18,25H,3-17H2,1-2H3,(H2,21,22,23);1H. The minimum atomic E-state index is -0.0853. The molecule has 2 rings (SSSR count). The van der Waals surface area contributed by atoms with Gasteiger partial charge in [0, 0.05) is 46.4 Å². The summed E-state index contributed by atoms with van der Waals surface area (Å²) in [5, 5.41) is 16.5. The molecule has 0 aromatic carbocycles. The molecule has 0 aromatic rings. The first-order chi connectivity index (χ1) is 12.7. The van der Waals surface area contributed by atoms with Gasteiger partial charge in [-0.2, -0.15) is 0 Å². The van der Waals surface area contributed by atoms with Gasteiger partial charge >= 0.3 is 0 Å². The lowest BCUT2D eigenvalue weighted by Gasteiger charge is -2.29. The van der Waals surface area contributed by atoms with Gasteiger partial charge in [-0.1, -0.05) is 12.8 Å². The predicted octanol–water partition coefficient (Wildman–Crippen LogP) is 2.60. The van der Waals surface area contributed by atoms with Gasteiger partial charge in [0.2, 0.25) is 0 Å². The zero-order valence-electron chi connectivity index (χ0n) is 17.3. The Hall–Kier alpha value is -0.120. The van der Waals surface area contributed by atoms with Crippen molar-refractivity contribution in [3.05, 3.63) is 0 Å². The van der Waals surface area contributed by atoms with Crippen LogP contribution in [0.5, 0.6) is 0 Å². The number of piperidine rings is 1. The van der Waals surface area contributed by atoms with Gasteiger partial charge in [-0.3, -0.25) is 4.99 Å². The molecule has 0 radical (unpaired) electrons. The van der Waals surface area contributed by atoms with Crippen molar-refractivity contribution in [1.29, 1.82) is 0 Å². The summed E-state index contributed by atoms with van der Waals surface area (Å²) < 4.78 is 5.33. The first kappa shape index (κ1) is 24.9. The van der Waals surface area contributed by atoms with Crippen LogP contribution >= 0.6 is 24.0 Å². The normalized spacial score (nSPS) is 21.1. The minimum Gasteiger partial charge on any atom is -0.393 e. The van der Waals surface area contributed by atoms with E-state index in [1.165, 1.54) is 25.7 Å². The summed E-state index contributed by atoms with van der Waals surface area (Å²) >= 11 is 0. The molecular weight excluding hydrogens is 455 g/mol. The van der Waals surface area contributed by atoms with E-state index < -0.39 is 0 Å². The maximum absolute atomic E-state index is 9.58. The molecule has 1 aliphatic heterocycles. The number of aliphatic hydroxyl groups excluding tert-OH is 1. The Morgan fingerprint density at radius 3 is 2.56 bits per heavy atom. The van der Waals surface area contributed by atoms with Crippen molar-refractivity contribution in [2.24, 2.45) is 10.4 Å². The summed E-state index contributed by atoms with van der Waals surface area (Å²) in [6.07, 6.45) is 9.18. The third-order valence-corrected chi connectivity index (χ3v) is 5.92. The Labute approximate surface area is 182 Å². The van der Waals surface area contributed by atoms with Crippen LogP contribution < -0.4 is 10.6 Å². The Kier molecular flexibility index (Phi) is 12.9. The smallest absolute Gasteiger partial charge is 0.191 e. The number of aliphatic imine (C=N–C) groups is 1. The molecular formula is C20H41IN4O2. The van der Waals surface area contributed by atoms with Crippen molar-refractivity contribution in [3.63, 3.8) is 0 Å². The van der Waals surface area contributed by atoms with Crippen molar-refractivity contribution in [2.75, 3.05) is 53.0 Å². The van der Waals surface area contributed by atoms with Crippen LogP contribution in [0.25, 0.3) is 0 Å². The molecule has 1 aliphatic carbocycles. The summed E-state index contributed by atoms with van der Waals surface area (Å²) in [4.78, 5) is 7.36. The number of rotatable bonds is 10.